The number of carbonyl (C=O) groups is 1. The first-order valence-electron chi connectivity index (χ1n) is 10.8. The number of amides is 1. The van der Waals surface area contributed by atoms with E-state index in [1.165, 1.54) is 12.3 Å². The molecular weight excluding hydrogens is 468 g/mol. The Hall–Kier alpha value is -4.30. The van der Waals surface area contributed by atoms with E-state index in [1.807, 2.05) is 55.5 Å². The number of aromatic hydroxyl groups is 1. The predicted molar refractivity (Wildman–Crippen MR) is 134 cm³/mol. The number of ether oxygens (including phenoxy) is 2. The number of halogens is 1. The van der Waals surface area contributed by atoms with Crippen LogP contribution in [0.3, 0.4) is 0 Å². The quantitative estimate of drug-likeness (QED) is 0.221. The number of phenols is 1. The lowest BCUT2D eigenvalue weighted by molar-refractivity contribution is 0.0950. The van der Waals surface area contributed by atoms with E-state index in [0.29, 0.717) is 41.0 Å². The Balaban J connectivity index is 1.34. The van der Waals surface area contributed by atoms with Gasteiger partial charge in [-0.3, -0.25) is 9.89 Å². The molecule has 0 saturated heterocycles. The maximum Gasteiger partial charge on any atom is 0.289 e. The third-order valence-corrected chi connectivity index (χ3v) is 5.36. The van der Waals surface area contributed by atoms with Crippen LogP contribution >= 0.6 is 11.6 Å². The molecular formula is C26H23ClN4O4. The average Bonchev–Trinajstić information content (AvgIpc) is 3.36. The Morgan fingerprint density at radius 2 is 1.91 bits per heavy atom. The molecule has 1 heterocycles. The largest absolute Gasteiger partial charge is 0.504 e. The van der Waals surface area contributed by atoms with Gasteiger partial charge in [0.05, 0.1) is 18.5 Å². The van der Waals surface area contributed by atoms with Gasteiger partial charge in [-0.1, -0.05) is 29.8 Å². The zero-order valence-electron chi connectivity index (χ0n) is 18.9. The number of benzene rings is 3. The van der Waals surface area contributed by atoms with E-state index >= 15 is 0 Å². The second-order valence-electron chi connectivity index (χ2n) is 7.43. The van der Waals surface area contributed by atoms with Crippen LogP contribution in [0.4, 0.5) is 0 Å². The second-order valence-corrected chi connectivity index (χ2v) is 7.84. The number of rotatable bonds is 9. The van der Waals surface area contributed by atoms with Gasteiger partial charge in [0.2, 0.25) is 0 Å². The van der Waals surface area contributed by atoms with Crippen molar-refractivity contribution in [1.82, 2.24) is 15.6 Å². The van der Waals surface area contributed by atoms with Gasteiger partial charge in [0.15, 0.2) is 11.5 Å². The number of carbonyl (C=O) groups excluding carboxylic acids is 1. The van der Waals surface area contributed by atoms with Crippen LogP contribution in [-0.4, -0.2) is 34.0 Å². The second kappa shape index (κ2) is 11.2. The van der Waals surface area contributed by atoms with Gasteiger partial charge in [0.1, 0.15) is 18.1 Å². The third kappa shape index (κ3) is 6.18. The first-order chi connectivity index (χ1) is 17.0. The number of aromatic nitrogens is 2. The lowest BCUT2D eigenvalue weighted by atomic mass is 10.1. The fourth-order valence-electron chi connectivity index (χ4n) is 3.19. The van der Waals surface area contributed by atoms with Gasteiger partial charge in [-0.15, -0.1) is 0 Å². The van der Waals surface area contributed by atoms with Crippen molar-refractivity contribution < 1.29 is 19.4 Å². The highest BCUT2D eigenvalue weighted by Crippen LogP contribution is 2.26. The van der Waals surface area contributed by atoms with E-state index in [0.717, 1.165) is 11.1 Å². The van der Waals surface area contributed by atoms with Crippen molar-refractivity contribution in [1.29, 1.82) is 0 Å². The van der Waals surface area contributed by atoms with Gasteiger partial charge in [0.25, 0.3) is 5.91 Å². The highest BCUT2D eigenvalue weighted by atomic mass is 35.5. The Morgan fingerprint density at radius 1 is 1.11 bits per heavy atom. The van der Waals surface area contributed by atoms with Crippen molar-refractivity contribution in [2.45, 2.75) is 13.5 Å². The van der Waals surface area contributed by atoms with Crippen LogP contribution in [0.5, 0.6) is 17.2 Å². The molecule has 1 amide bonds. The van der Waals surface area contributed by atoms with Crippen LogP contribution in [0, 0.1) is 0 Å². The molecule has 35 heavy (non-hydrogen) atoms. The normalized spacial score (nSPS) is 10.9. The van der Waals surface area contributed by atoms with Crippen molar-refractivity contribution in [2.75, 3.05) is 6.61 Å². The lowest BCUT2D eigenvalue weighted by Crippen LogP contribution is -2.18. The van der Waals surface area contributed by atoms with Crippen LogP contribution in [0.2, 0.25) is 5.02 Å². The number of hydrazone groups is 1. The molecule has 3 aromatic carbocycles. The first kappa shape index (κ1) is 23.8. The molecule has 0 atom stereocenters. The smallest absolute Gasteiger partial charge is 0.289 e. The summed E-state index contributed by atoms with van der Waals surface area (Å²) in [6, 6.07) is 21.3. The molecule has 0 spiro atoms. The summed E-state index contributed by atoms with van der Waals surface area (Å²) in [7, 11) is 0. The SMILES string of the molecule is CCOc1cc(/C=N\NC(=O)c2cc(-c3ccc(OCc4ccccc4Cl)cc3)n[nH]2)ccc1O. The van der Waals surface area contributed by atoms with Crippen molar-refractivity contribution in [3.63, 3.8) is 0 Å². The number of nitrogens with one attached hydrogen (secondary N) is 2. The summed E-state index contributed by atoms with van der Waals surface area (Å²) in [6.07, 6.45) is 1.46. The lowest BCUT2D eigenvalue weighted by Gasteiger charge is -2.08. The molecule has 0 fully saturated rings. The topological polar surface area (TPSA) is 109 Å². The summed E-state index contributed by atoms with van der Waals surface area (Å²) < 4.78 is 11.1. The number of phenolic OH excluding ortho intramolecular Hbond substituents is 1. The third-order valence-electron chi connectivity index (χ3n) is 4.99. The maximum atomic E-state index is 12.4. The van der Waals surface area contributed by atoms with E-state index < -0.39 is 5.91 Å². The average molecular weight is 491 g/mol. The number of nitrogens with zero attached hydrogens (tertiary/aromatic N) is 2. The van der Waals surface area contributed by atoms with E-state index in [1.54, 1.807) is 18.2 Å². The molecule has 9 heteroatoms. The number of H-pyrrole nitrogens is 1. The van der Waals surface area contributed by atoms with Crippen LogP contribution in [0.25, 0.3) is 11.3 Å². The highest BCUT2D eigenvalue weighted by Gasteiger charge is 2.11. The fraction of sp³-hybridized carbons (Fsp3) is 0.115. The summed E-state index contributed by atoms with van der Waals surface area (Å²) in [4.78, 5) is 12.4. The molecule has 0 radical (unpaired) electrons. The van der Waals surface area contributed by atoms with E-state index in [-0.39, 0.29) is 11.4 Å². The molecule has 178 valence electrons. The Bertz CT molecular complexity index is 1340. The monoisotopic (exact) mass is 490 g/mol. The molecule has 1 aromatic heterocycles. The summed E-state index contributed by atoms with van der Waals surface area (Å²) in [5.41, 5.74) is 5.71. The number of aromatic amines is 1. The molecule has 0 aliphatic carbocycles. The zero-order chi connectivity index (χ0) is 24.6. The fourth-order valence-corrected chi connectivity index (χ4v) is 3.38. The summed E-state index contributed by atoms with van der Waals surface area (Å²) in [6.45, 7) is 2.61. The van der Waals surface area contributed by atoms with Crippen molar-refractivity contribution >= 4 is 23.7 Å². The van der Waals surface area contributed by atoms with Crippen LogP contribution in [0.1, 0.15) is 28.5 Å². The van der Waals surface area contributed by atoms with Crippen molar-refractivity contribution in [2.24, 2.45) is 5.10 Å². The van der Waals surface area contributed by atoms with Gasteiger partial charge in [0, 0.05) is 16.1 Å². The molecule has 4 aromatic rings. The highest BCUT2D eigenvalue weighted by molar-refractivity contribution is 6.31. The summed E-state index contributed by atoms with van der Waals surface area (Å²) in [5, 5.41) is 21.3. The standard InChI is InChI=1S/C26H23ClN4O4/c1-2-34-25-13-17(7-12-24(25)32)15-28-31-26(33)23-14-22(29-30-23)18-8-10-20(11-9-18)35-16-19-5-3-4-6-21(19)27/h3-15,32H,2,16H2,1H3,(H,29,30)(H,31,33)/b28-15-. The molecule has 4 rings (SSSR count). The van der Waals surface area contributed by atoms with Crippen LogP contribution in [-0.2, 0) is 6.61 Å². The molecule has 0 saturated carbocycles. The van der Waals surface area contributed by atoms with Crippen LogP contribution in [0.15, 0.2) is 77.9 Å². The van der Waals surface area contributed by atoms with Gasteiger partial charge in [-0.2, -0.15) is 10.2 Å². The van der Waals surface area contributed by atoms with E-state index in [4.69, 9.17) is 21.1 Å². The van der Waals surface area contributed by atoms with Crippen LogP contribution < -0.4 is 14.9 Å². The molecule has 0 aliphatic rings. The maximum absolute atomic E-state index is 12.4. The van der Waals surface area contributed by atoms with Crippen molar-refractivity contribution in [3.05, 3.63) is 94.6 Å². The molecule has 3 N–H and O–H groups in total. The minimum atomic E-state index is -0.441. The summed E-state index contributed by atoms with van der Waals surface area (Å²) in [5.74, 6) is 0.640. The van der Waals surface area contributed by atoms with Crippen molar-refractivity contribution in [3.8, 4) is 28.5 Å². The first-order valence-corrected chi connectivity index (χ1v) is 11.2. The van der Waals surface area contributed by atoms with Gasteiger partial charge in [-0.05, 0) is 67.1 Å². The summed E-state index contributed by atoms with van der Waals surface area (Å²) >= 11 is 6.16. The molecule has 0 bridgehead atoms. The molecule has 0 unspecified atom stereocenters. The minimum absolute atomic E-state index is 0.0400. The minimum Gasteiger partial charge on any atom is -0.504 e. The van der Waals surface area contributed by atoms with Gasteiger partial charge in [-0.25, -0.2) is 5.43 Å². The van der Waals surface area contributed by atoms with E-state index in [9.17, 15) is 9.90 Å². The predicted octanol–water partition coefficient (Wildman–Crippen LogP) is 5.18. The van der Waals surface area contributed by atoms with E-state index in [2.05, 4.69) is 20.7 Å². The Kier molecular flexibility index (Phi) is 7.64. The Labute approximate surface area is 207 Å². The molecule has 8 nitrogen and oxygen atoms in total. The van der Waals surface area contributed by atoms with Gasteiger partial charge >= 0.3 is 0 Å². The molecule has 0 aliphatic heterocycles. The van der Waals surface area contributed by atoms with Gasteiger partial charge < -0.3 is 14.6 Å². The zero-order valence-corrected chi connectivity index (χ0v) is 19.6. The number of hydrogen-bond donors (Lipinski definition) is 3. The number of hydrogen-bond acceptors (Lipinski definition) is 6. The Morgan fingerprint density at radius 3 is 2.69 bits per heavy atom.